The lowest BCUT2D eigenvalue weighted by Crippen LogP contribution is -2.27. The topological polar surface area (TPSA) is 66.5 Å². The number of hydrogen-bond acceptors (Lipinski definition) is 3. The fourth-order valence-corrected chi connectivity index (χ4v) is 4.40. The van der Waals surface area contributed by atoms with Crippen molar-refractivity contribution in [3.8, 4) is 0 Å². The van der Waals surface area contributed by atoms with Gasteiger partial charge in [0.2, 0.25) is 0 Å². The van der Waals surface area contributed by atoms with E-state index in [9.17, 15) is 17.6 Å². The van der Waals surface area contributed by atoms with Gasteiger partial charge in [0.25, 0.3) is 15.9 Å². The van der Waals surface area contributed by atoms with Gasteiger partial charge in [0.15, 0.2) is 0 Å². The van der Waals surface area contributed by atoms with Crippen LogP contribution < -0.4 is 9.62 Å². The molecule has 3 rings (SSSR count). The van der Waals surface area contributed by atoms with Crippen LogP contribution in [0.15, 0.2) is 65.6 Å². The molecule has 0 aromatic heterocycles. The Labute approximate surface area is 180 Å². The maximum Gasteiger partial charge on any atom is 0.264 e. The summed E-state index contributed by atoms with van der Waals surface area (Å²) in [5.74, 6) is -0.986. The fraction of sp³-hybridized carbons (Fsp3) is 0.136. The average molecular weight is 447 g/mol. The molecule has 0 fully saturated rings. The van der Waals surface area contributed by atoms with Crippen LogP contribution in [-0.4, -0.2) is 21.4 Å². The van der Waals surface area contributed by atoms with Gasteiger partial charge in [-0.25, -0.2) is 12.8 Å². The van der Waals surface area contributed by atoms with Gasteiger partial charge in [0, 0.05) is 12.7 Å². The number of para-hydroxylation sites is 1. The van der Waals surface area contributed by atoms with Crippen LogP contribution in [-0.2, 0) is 10.0 Å². The van der Waals surface area contributed by atoms with Gasteiger partial charge in [-0.3, -0.25) is 9.10 Å². The summed E-state index contributed by atoms with van der Waals surface area (Å²) in [5.41, 5.74) is 2.72. The molecular formula is C22H20ClFN2O3S. The van der Waals surface area contributed by atoms with Crippen molar-refractivity contribution in [2.75, 3.05) is 16.7 Å². The summed E-state index contributed by atoms with van der Waals surface area (Å²) in [5, 5.41) is 2.93. The van der Waals surface area contributed by atoms with Crippen LogP contribution in [0.5, 0.6) is 0 Å². The van der Waals surface area contributed by atoms with E-state index < -0.39 is 21.7 Å². The van der Waals surface area contributed by atoms with E-state index in [0.717, 1.165) is 15.4 Å². The van der Waals surface area contributed by atoms with Crippen LogP contribution in [0.1, 0.15) is 21.5 Å². The second kappa shape index (κ2) is 8.45. The zero-order valence-electron chi connectivity index (χ0n) is 16.6. The first-order chi connectivity index (χ1) is 14.1. The Hall–Kier alpha value is -2.90. The van der Waals surface area contributed by atoms with Crippen LogP contribution in [0.4, 0.5) is 15.8 Å². The number of amides is 1. The number of halogens is 2. The smallest absolute Gasteiger partial charge is 0.264 e. The lowest BCUT2D eigenvalue weighted by Gasteiger charge is -2.20. The average Bonchev–Trinajstić information content (AvgIpc) is 2.71. The molecule has 156 valence electrons. The minimum absolute atomic E-state index is 0.0351. The van der Waals surface area contributed by atoms with E-state index in [0.29, 0.717) is 5.69 Å². The van der Waals surface area contributed by atoms with Gasteiger partial charge >= 0.3 is 0 Å². The number of nitrogens with zero attached hydrogens (tertiary/aromatic N) is 1. The summed E-state index contributed by atoms with van der Waals surface area (Å²) < 4.78 is 40.2. The Morgan fingerprint density at radius 1 is 1.00 bits per heavy atom. The van der Waals surface area contributed by atoms with Gasteiger partial charge < -0.3 is 5.32 Å². The van der Waals surface area contributed by atoms with E-state index in [1.165, 1.54) is 49.5 Å². The van der Waals surface area contributed by atoms with Gasteiger partial charge in [0.05, 0.1) is 21.2 Å². The predicted molar refractivity (Wildman–Crippen MR) is 117 cm³/mol. The normalized spacial score (nSPS) is 11.2. The Morgan fingerprint density at radius 3 is 2.20 bits per heavy atom. The van der Waals surface area contributed by atoms with Crippen molar-refractivity contribution in [2.45, 2.75) is 18.7 Å². The summed E-state index contributed by atoms with van der Waals surface area (Å²) in [6.07, 6.45) is 0. The van der Waals surface area contributed by atoms with E-state index >= 15 is 0 Å². The molecule has 0 heterocycles. The zero-order chi connectivity index (χ0) is 22.1. The predicted octanol–water partition coefficient (Wildman–Crippen LogP) is 5.17. The van der Waals surface area contributed by atoms with Crippen molar-refractivity contribution >= 4 is 38.9 Å². The number of hydrogen-bond donors (Lipinski definition) is 1. The summed E-state index contributed by atoms with van der Waals surface area (Å²) in [6.45, 7) is 3.73. The number of sulfonamides is 1. The third kappa shape index (κ3) is 4.32. The fourth-order valence-electron chi connectivity index (χ4n) is 2.98. The third-order valence-electron chi connectivity index (χ3n) is 4.75. The number of benzene rings is 3. The number of carbonyl (C=O) groups excluding carboxylic acids is 1. The van der Waals surface area contributed by atoms with Crippen LogP contribution in [0, 0.1) is 19.7 Å². The van der Waals surface area contributed by atoms with E-state index in [-0.39, 0.29) is 21.2 Å². The monoisotopic (exact) mass is 446 g/mol. The SMILES string of the molecule is Cc1cccc(C)c1NC(=O)c1cc(S(=O)(=O)N(C)c2ccc(F)cc2)ccc1Cl. The highest BCUT2D eigenvalue weighted by molar-refractivity contribution is 7.92. The zero-order valence-corrected chi connectivity index (χ0v) is 18.2. The Morgan fingerprint density at radius 2 is 1.60 bits per heavy atom. The lowest BCUT2D eigenvalue weighted by molar-refractivity contribution is 0.102. The van der Waals surface area contributed by atoms with Crippen LogP contribution in [0.25, 0.3) is 0 Å². The number of anilines is 2. The molecule has 1 N–H and O–H groups in total. The van der Waals surface area contributed by atoms with Gasteiger partial charge in [-0.2, -0.15) is 0 Å². The summed E-state index contributed by atoms with van der Waals surface area (Å²) >= 11 is 6.19. The summed E-state index contributed by atoms with van der Waals surface area (Å²) in [6, 6.07) is 14.6. The van der Waals surface area contributed by atoms with Gasteiger partial charge in [-0.15, -0.1) is 0 Å². The van der Waals surface area contributed by atoms with Crippen LogP contribution in [0.2, 0.25) is 5.02 Å². The first kappa shape index (κ1) is 21.8. The molecule has 0 saturated heterocycles. The standard InChI is InChI=1S/C22H20ClFN2O3S/c1-14-5-4-6-15(2)21(14)25-22(27)19-13-18(11-12-20(19)23)30(28,29)26(3)17-9-7-16(24)8-10-17/h4-13H,1-3H3,(H,25,27). The molecule has 3 aromatic rings. The highest BCUT2D eigenvalue weighted by Gasteiger charge is 2.24. The lowest BCUT2D eigenvalue weighted by atomic mass is 10.1. The van der Waals surface area contributed by atoms with Crippen LogP contribution in [0.3, 0.4) is 0 Å². The van der Waals surface area contributed by atoms with Crippen molar-refractivity contribution < 1.29 is 17.6 Å². The first-order valence-electron chi connectivity index (χ1n) is 9.03. The van der Waals surface area contributed by atoms with Gasteiger partial charge in [0.1, 0.15) is 5.82 Å². The molecule has 0 unspecified atom stereocenters. The summed E-state index contributed by atoms with van der Waals surface area (Å²) in [7, 11) is -2.64. The van der Waals surface area contributed by atoms with E-state index in [1.54, 1.807) is 0 Å². The largest absolute Gasteiger partial charge is 0.321 e. The molecule has 0 bridgehead atoms. The minimum Gasteiger partial charge on any atom is -0.321 e. The second-order valence-corrected chi connectivity index (χ2v) is 9.19. The van der Waals surface area contributed by atoms with Crippen molar-refractivity contribution in [1.82, 2.24) is 0 Å². The molecular weight excluding hydrogens is 427 g/mol. The molecule has 5 nitrogen and oxygen atoms in total. The molecule has 0 atom stereocenters. The van der Waals surface area contributed by atoms with Crippen LogP contribution >= 0.6 is 11.6 Å². The van der Waals surface area contributed by atoms with E-state index in [2.05, 4.69) is 5.32 Å². The van der Waals surface area contributed by atoms with Crippen molar-refractivity contribution in [2.24, 2.45) is 0 Å². The molecule has 0 spiro atoms. The quantitative estimate of drug-likeness (QED) is 0.587. The van der Waals surface area contributed by atoms with Crippen molar-refractivity contribution in [3.05, 3.63) is 88.2 Å². The van der Waals surface area contributed by atoms with E-state index in [1.807, 2.05) is 32.0 Å². The van der Waals surface area contributed by atoms with Crippen molar-refractivity contribution in [1.29, 1.82) is 0 Å². The molecule has 30 heavy (non-hydrogen) atoms. The minimum atomic E-state index is -3.99. The maximum absolute atomic E-state index is 13.2. The summed E-state index contributed by atoms with van der Waals surface area (Å²) in [4.78, 5) is 12.7. The number of nitrogens with one attached hydrogen (secondary N) is 1. The Balaban J connectivity index is 1.96. The first-order valence-corrected chi connectivity index (χ1v) is 10.8. The molecule has 8 heteroatoms. The molecule has 0 aliphatic rings. The van der Waals surface area contributed by atoms with Gasteiger partial charge in [-0.1, -0.05) is 29.8 Å². The van der Waals surface area contributed by atoms with E-state index in [4.69, 9.17) is 11.6 Å². The molecule has 0 aliphatic heterocycles. The number of aryl methyl sites for hydroxylation is 2. The Bertz CT molecular complexity index is 1190. The molecule has 0 radical (unpaired) electrons. The second-order valence-electron chi connectivity index (χ2n) is 6.81. The highest BCUT2D eigenvalue weighted by Crippen LogP contribution is 2.27. The molecule has 3 aromatic carbocycles. The third-order valence-corrected chi connectivity index (χ3v) is 6.86. The number of rotatable bonds is 5. The Kier molecular flexibility index (Phi) is 6.14. The number of carbonyl (C=O) groups is 1. The van der Waals surface area contributed by atoms with Crippen molar-refractivity contribution in [3.63, 3.8) is 0 Å². The molecule has 1 amide bonds. The highest BCUT2D eigenvalue weighted by atomic mass is 35.5. The van der Waals surface area contributed by atoms with Gasteiger partial charge in [-0.05, 0) is 67.4 Å². The molecule has 0 aliphatic carbocycles. The molecule has 0 saturated carbocycles. The maximum atomic E-state index is 13.2.